The van der Waals surface area contributed by atoms with E-state index in [-0.39, 0.29) is 6.61 Å². The molecular formula is C12H10Cl3NO2. The average Bonchev–Trinajstić information content (AvgIpc) is 2.80. The van der Waals surface area contributed by atoms with Crippen molar-refractivity contribution in [1.82, 2.24) is 0 Å². The summed E-state index contributed by atoms with van der Waals surface area (Å²) in [5, 5.41) is 1.17. The first kappa shape index (κ1) is 13.6. The van der Waals surface area contributed by atoms with E-state index in [1.54, 1.807) is 18.2 Å². The van der Waals surface area contributed by atoms with E-state index in [4.69, 9.17) is 49.7 Å². The van der Waals surface area contributed by atoms with Crippen molar-refractivity contribution in [3.05, 3.63) is 50.9 Å². The van der Waals surface area contributed by atoms with Crippen molar-refractivity contribution in [1.29, 1.82) is 0 Å². The fourth-order valence-corrected chi connectivity index (χ4v) is 1.96. The molecule has 3 nitrogen and oxygen atoms in total. The molecule has 2 aromatic rings. The van der Waals surface area contributed by atoms with Crippen molar-refractivity contribution in [2.75, 3.05) is 0 Å². The van der Waals surface area contributed by atoms with Crippen molar-refractivity contribution >= 4 is 34.8 Å². The molecule has 2 rings (SSSR count). The van der Waals surface area contributed by atoms with E-state index in [9.17, 15) is 0 Å². The van der Waals surface area contributed by atoms with Gasteiger partial charge in [-0.05, 0) is 18.2 Å². The van der Waals surface area contributed by atoms with Gasteiger partial charge in [0.25, 0.3) is 0 Å². The minimum Gasteiger partial charge on any atom is -0.484 e. The van der Waals surface area contributed by atoms with Crippen LogP contribution in [0.4, 0.5) is 0 Å². The molecule has 0 fully saturated rings. The number of furan rings is 1. The fourth-order valence-electron chi connectivity index (χ4n) is 1.37. The Bertz CT molecular complexity index is 554. The molecule has 6 heteroatoms. The lowest BCUT2D eigenvalue weighted by molar-refractivity contribution is 0.266. The van der Waals surface area contributed by atoms with Gasteiger partial charge < -0.3 is 14.9 Å². The van der Waals surface area contributed by atoms with Gasteiger partial charge in [0.15, 0.2) is 0 Å². The third kappa shape index (κ3) is 3.12. The van der Waals surface area contributed by atoms with Gasteiger partial charge in [-0.3, -0.25) is 0 Å². The van der Waals surface area contributed by atoms with E-state index in [1.165, 1.54) is 6.07 Å². The van der Waals surface area contributed by atoms with Gasteiger partial charge in [-0.15, -0.1) is 0 Å². The van der Waals surface area contributed by atoms with Crippen LogP contribution in [0.2, 0.25) is 15.1 Å². The van der Waals surface area contributed by atoms with Crippen LogP contribution in [0.1, 0.15) is 11.5 Å². The monoisotopic (exact) mass is 305 g/mol. The van der Waals surface area contributed by atoms with Crippen molar-refractivity contribution in [3.8, 4) is 5.75 Å². The maximum Gasteiger partial charge on any atom is 0.146 e. The molecule has 0 atom stereocenters. The molecule has 0 unspecified atom stereocenters. The largest absolute Gasteiger partial charge is 0.484 e. The standard InChI is InChI=1S/C12H10Cl3NO2/c13-9-3-11(15)12(4-10(9)14)17-6-8-2-1-7(5-16)18-8/h1-4H,5-6,16H2. The number of ether oxygens (including phenoxy) is 1. The van der Waals surface area contributed by atoms with Crippen LogP contribution in [0, 0.1) is 0 Å². The van der Waals surface area contributed by atoms with Crippen LogP contribution in [0.5, 0.6) is 5.75 Å². The lowest BCUT2D eigenvalue weighted by atomic mass is 10.3. The van der Waals surface area contributed by atoms with E-state index < -0.39 is 0 Å². The molecule has 0 aliphatic rings. The Morgan fingerprint density at radius 3 is 2.33 bits per heavy atom. The van der Waals surface area contributed by atoms with Crippen LogP contribution >= 0.6 is 34.8 Å². The highest BCUT2D eigenvalue weighted by Gasteiger charge is 2.08. The normalized spacial score (nSPS) is 10.7. The van der Waals surface area contributed by atoms with Crippen LogP contribution in [0.3, 0.4) is 0 Å². The van der Waals surface area contributed by atoms with Crippen LogP contribution in [0.15, 0.2) is 28.7 Å². The van der Waals surface area contributed by atoms with Gasteiger partial charge in [-0.1, -0.05) is 34.8 Å². The van der Waals surface area contributed by atoms with E-state index in [0.717, 1.165) is 0 Å². The van der Waals surface area contributed by atoms with Crippen LogP contribution in [-0.4, -0.2) is 0 Å². The first-order valence-electron chi connectivity index (χ1n) is 5.15. The SMILES string of the molecule is NCc1ccc(COc2cc(Cl)c(Cl)cc2Cl)o1. The first-order valence-corrected chi connectivity index (χ1v) is 6.28. The predicted octanol–water partition coefficient (Wildman–Crippen LogP) is 4.28. The number of halogens is 3. The summed E-state index contributed by atoms with van der Waals surface area (Å²) >= 11 is 17.7. The van der Waals surface area contributed by atoms with Crippen LogP contribution in [-0.2, 0) is 13.2 Å². The molecule has 18 heavy (non-hydrogen) atoms. The molecule has 1 aromatic heterocycles. The summed E-state index contributed by atoms with van der Waals surface area (Å²) in [6, 6.07) is 6.70. The molecule has 0 radical (unpaired) electrons. The lowest BCUT2D eigenvalue weighted by Crippen LogP contribution is -1.96. The van der Waals surface area contributed by atoms with Gasteiger partial charge >= 0.3 is 0 Å². The third-order valence-corrected chi connectivity index (χ3v) is 3.28. The highest BCUT2D eigenvalue weighted by Crippen LogP contribution is 2.34. The van der Waals surface area contributed by atoms with Gasteiger partial charge in [0.2, 0.25) is 0 Å². The van der Waals surface area contributed by atoms with E-state index in [2.05, 4.69) is 0 Å². The zero-order chi connectivity index (χ0) is 13.1. The van der Waals surface area contributed by atoms with Gasteiger partial charge in [-0.2, -0.15) is 0 Å². The first-order chi connectivity index (χ1) is 8.60. The van der Waals surface area contributed by atoms with Gasteiger partial charge in [0, 0.05) is 6.07 Å². The minimum absolute atomic E-state index is 0.248. The lowest BCUT2D eigenvalue weighted by Gasteiger charge is -2.07. The zero-order valence-electron chi connectivity index (χ0n) is 9.25. The number of hydrogen-bond donors (Lipinski definition) is 1. The summed E-state index contributed by atoms with van der Waals surface area (Å²) < 4.78 is 10.9. The molecule has 1 aromatic carbocycles. The smallest absolute Gasteiger partial charge is 0.146 e. The second kappa shape index (κ2) is 5.85. The summed E-state index contributed by atoms with van der Waals surface area (Å²) in [6.07, 6.45) is 0. The van der Waals surface area contributed by atoms with Crippen LogP contribution in [0.25, 0.3) is 0 Å². The Balaban J connectivity index is 2.08. The van der Waals surface area contributed by atoms with E-state index >= 15 is 0 Å². The van der Waals surface area contributed by atoms with Gasteiger partial charge in [-0.25, -0.2) is 0 Å². The van der Waals surface area contributed by atoms with E-state index in [0.29, 0.717) is 38.9 Å². The van der Waals surface area contributed by atoms with Crippen LogP contribution < -0.4 is 10.5 Å². The zero-order valence-corrected chi connectivity index (χ0v) is 11.5. The second-order valence-electron chi connectivity index (χ2n) is 3.56. The average molecular weight is 307 g/mol. The Morgan fingerprint density at radius 2 is 1.67 bits per heavy atom. The Hall–Kier alpha value is -0.870. The summed E-state index contributed by atoms with van der Waals surface area (Å²) in [4.78, 5) is 0. The summed E-state index contributed by atoms with van der Waals surface area (Å²) in [5.74, 6) is 1.82. The highest BCUT2D eigenvalue weighted by molar-refractivity contribution is 6.43. The molecule has 2 N–H and O–H groups in total. The molecule has 0 bridgehead atoms. The van der Waals surface area contributed by atoms with E-state index in [1.807, 2.05) is 0 Å². The number of benzene rings is 1. The maximum absolute atomic E-state index is 5.98. The Morgan fingerprint density at radius 1 is 1.00 bits per heavy atom. The molecule has 0 saturated carbocycles. The number of rotatable bonds is 4. The topological polar surface area (TPSA) is 48.4 Å². The quantitative estimate of drug-likeness (QED) is 0.858. The van der Waals surface area contributed by atoms with Crippen molar-refractivity contribution < 1.29 is 9.15 Å². The summed E-state index contributed by atoms with van der Waals surface area (Å²) in [7, 11) is 0. The second-order valence-corrected chi connectivity index (χ2v) is 4.78. The molecule has 0 aliphatic heterocycles. The third-order valence-electron chi connectivity index (χ3n) is 2.26. The molecule has 0 saturated heterocycles. The fraction of sp³-hybridized carbons (Fsp3) is 0.167. The van der Waals surface area contributed by atoms with Crippen molar-refractivity contribution in [3.63, 3.8) is 0 Å². The molecule has 1 heterocycles. The molecule has 0 aliphatic carbocycles. The predicted molar refractivity (Wildman–Crippen MR) is 72.4 cm³/mol. The number of nitrogens with two attached hydrogens (primary N) is 1. The highest BCUT2D eigenvalue weighted by atomic mass is 35.5. The molecular weight excluding hydrogens is 296 g/mol. The molecule has 0 spiro atoms. The van der Waals surface area contributed by atoms with Crippen molar-refractivity contribution in [2.24, 2.45) is 5.73 Å². The maximum atomic E-state index is 5.98. The molecule has 0 amide bonds. The van der Waals surface area contributed by atoms with Gasteiger partial charge in [0.05, 0.1) is 21.6 Å². The molecule has 96 valence electrons. The Kier molecular flexibility index (Phi) is 4.40. The summed E-state index contributed by atoms with van der Waals surface area (Å²) in [6.45, 7) is 0.602. The van der Waals surface area contributed by atoms with Crippen molar-refractivity contribution in [2.45, 2.75) is 13.2 Å². The Labute approximate surface area is 119 Å². The minimum atomic E-state index is 0.248. The number of hydrogen-bond acceptors (Lipinski definition) is 3. The van der Waals surface area contributed by atoms with Gasteiger partial charge in [0.1, 0.15) is 23.9 Å². The summed E-state index contributed by atoms with van der Waals surface area (Å²) in [5.41, 5.74) is 5.44.